The SMILES string of the molecule is CNc1ccc2c(c1)C([Si](C)(C)C)([Si](C)(C)C)c1cc(NC)ccc1-2. The number of benzene rings is 2. The number of hydrogen-bond acceptors (Lipinski definition) is 2. The van der Waals surface area contributed by atoms with Crippen molar-refractivity contribution in [3.63, 3.8) is 0 Å². The molecule has 2 N–H and O–H groups in total. The van der Waals surface area contributed by atoms with E-state index in [4.69, 9.17) is 0 Å². The van der Waals surface area contributed by atoms with E-state index in [9.17, 15) is 0 Å². The third kappa shape index (κ3) is 2.41. The summed E-state index contributed by atoms with van der Waals surface area (Å²) in [5.74, 6) is 0. The van der Waals surface area contributed by atoms with Crippen LogP contribution < -0.4 is 10.6 Å². The quantitative estimate of drug-likeness (QED) is 0.667. The predicted molar refractivity (Wildman–Crippen MR) is 118 cm³/mol. The van der Waals surface area contributed by atoms with Crippen LogP contribution in [0, 0.1) is 0 Å². The first-order valence-electron chi connectivity index (χ1n) is 9.23. The van der Waals surface area contributed by atoms with Crippen molar-refractivity contribution in [3.05, 3.63) is 47.5 Å². The van der Waals surface area contributed by atoms with Gasteiger partial charge in [0, 0.05) is 30.1 Å². The summed E-state index contributed by atoms with van der Waals surface area (Å²) in [6, 6.07) is 14.0. The molecule has 0 amide bonds. The molecule has 0 atom stereocenters. The van der Waals surface area contributed by atoms with Crippen LogP contribution in [-0.2, 0) is 4.66 Å². The van der Waals surface area contributed by atoms with Gasteiger partial charge in [-0.15, -0.1) is 0 Å². The highest BCUT2D eigenvalue weighted by Gasteiger charge is 2.59. The van der Waals surface area contributed by atoms with Gasteiger partial charge in [0.05, 0.1) is 16.1 Å². The van der Waals surface area contributed by atoms with Crippen LogP contribution in [0.5, 0.6) is 0 Å². The molecule has 0 bridgehead atoms. The first-order valence-corrected chi connectivity index (χ1v) is 16.2. The van der Waals surface area contributed by atoms with Crippen LogP contribution in [0.2, 0.25) is 39.3 Å². The second-order valence-electron chi connectivity index (χ2n) is 9.27. The third-order valence-corrected chi connectivity index (χ3v) is 16.0. The Labute approximate surface area is 155 Å². The Bertz CT molecular complexity index is 744. The number of rotatable bonds is 4. The molecule has 0 radical (unpaired) electrons. The molecule has 0 fully saturated rings. The maximum Gasteiger partial charge on any atom is 0.0579 e. The lowest BCUT2D eigenvalue weighted by atomic mass is 10.1. The minimum absolute atomic E-state index is 0.213. The van der Waals surface area contributed by atoms with Gasteiger partial charge < -0.3 is 10.6 Å². The van der Waals surface area contributed by atoms with Crippen molar-refractivity contribution < 1.29 is 0 Å². The van der Waals surface area contributed by atoms with Gasteiger partial charge in [0.2, 0.25) is 0 Å². The number of fused-ring (bicyclic) bond motifs is 3. The molecule has 1 aliphatic rings. The molecule has 1 aliphatic carbocycles. The van der Waals surface area contributed by atoms with Crippen molar-refractivity contribution in [2.24, 2.45) is 0 Å². The second-order valence-corrected chi connectivity index (χ2v) is 20.3. The third-order valence-electron chi connectivity index (χ3n) is 5.96. The molecule has 0 unspecified atom stereocenters. The minimum Gasteiger partial charge on any atom is -0.388 e. The summed E-state index contributed by atoms with van der Waals surface area (Å²) in [5, 5.41) is 6.73. The fraction of sp³-hybridized carbons (Fsp3) is 0.429. The van der Waals surface area contributed by atoms with E-state index in [2.05, 4.69) is 86.3 Å². The lowest BCUT2D eigenvalue weighted by Gasteiger charge is -2.51. The summed E-state index contributed by atoms with van der Waals surface area (Å²) in [5.41, 5.74) is 8.48. The first-order chi connectivity index (χ1) is 11.6. The maximum absolute atomic E-state index is 3.37. The molecule has 0 aromatic heterocycles. The van der Waals surface area contributed by atoms with Crippen LogP contribution in [0.1, 0.15) is 11.1 Å². The molecule has 0 saturated heterocycles. The van der Waals surface area contributed by atoms with E-state index in [0.717, 1.165) is 0 Å². The van der Waals surface area contributed by atoms with E-state index in [0.29, 0.717) is 0 Å². The Morgan fingerprint density at radius 3 is 1.28 bits per heavy atom. The highest BCUT2D eigenvalue weighted by Crippen LogP contribution is 2.58. The lowest BCUT2D eigenvalue weighted by Crippen LogP contribution is -2.63. The van der Waals surface area contributed by atoms with E-state index in [1.165, 1.54) is 22.5 Å². The molecule has 3 rings (SSSR count). The molecule has 134 valence electrons. The normalized spacial score (nSPS) is 15.5. The van der Waals surface area contributed by atoms with Crippen molar-refractivity contribution in [3.8, 4) is 11.1 Å². The lowest BCUT2D eigenvalue weighted by molar-refractivity contribution is 0.952. The summed E-state index contributed by atoms with van der Waals surface area (Å²) >= 11 is 0. The average molecular weight is 369 g/mol. The van der Waals surface area contributed by atoms with Crippen molar-refractivity contribution in [1.29, 1.82) is 0 Å². The van der Waals surface area contributed by atoms with Crippen molar-refractivity contribution in [2.45, 2.75) is 43.9 Å². The van der Waals surface area contributed by atoms with Gasteiger partial charge in [-0.3, -0.25) is 0 Å². The van der Waals surface area contributed by atoms with Gasteiger partial charge >= 0.3 is 0 Å². The van der Waals surface area contributed by atoms with Gasteiger partial charge in [0.15, 0.2) is 0 Å². The standard InChI is InChI=1S/C21H32N2Si2/c1-22-15-9-11-17-18-12-10-16(23-2)14-20(18)21(19(17)13-15,24(3,4)5)25(6,7)8/h9-14,22-23H,1-8H3. The molecular formula is C21H32N2Si2. The van der Waals surface area contributed by atoms with Gasteiger partial charge in [0.1, 0.15) is 0 Å². The molecule has 0 saturated carbocycles. The predicted octanol–water partition coefficient (Wildman–Crippen LogP) is 5.79. The Morgan fingerprint density at radius 1 is 0.640 bits per heavy atom. The summed E-state index contributed by atoms with van der Waals surface area (Å²) < 4.78 is 0.213. The maximum atomic E-state index is 3.37. The van der Waals surface area contributed by atoms with Gasteiger partial charge in [-0.1, -0.05) is 51.4 Å². The zero-order chi connectivity index (χ0) is 18.6. The molecule has 0 heterocycles. The summed E-state index contributed by atoms with van der Waals surface area (Å²) in [7, 11) is 0.888. The molecule has 2 aromatic carbocycles. The van der Waals surface area contributed by atoms with Crippen molar-refractivity contribution >= 4 is 27.5 Å². The molecule has 2 nitrogen and oxygen atoms in total. The van der Waals surface area contributed by atoms with Crippen LogP contribution in [0.15, 0.2) is 36.4 Å². The molecule has 25 heavy (non-hydrogen) atoms. The topological polar surface area (TPSA) is 24.1 Å². The van der Waals surface area contributed by atoms with E-state index in [-0.39, 0.29) is 4.66 Å². The number of hydrogen-bond donors (Lipinski definition) is 2. The van der Waals surface area contributed by atoms with Crippen LogP contribution >= 0.6 is 0 Å². The van der Waals surface area contributed by atoms with Crippen LogP contribution in [0.4, 0.5) is 11.4 Å². The van der Waals surface area contributed by atoms with E-state index in [1.54, 1.807) is 11.1 Å². The van der Waals surface area contributed by atoms with Crippen molar-refractivity contribution in [1.82, 2.24) is 0 Å². The summed E-state index contributed by atoms with van der Waals surface area (Å²) in [4.78, 5) is 0. The Balaban J connectivity index is 2.49. The highest BCUT2D eigenvalue weighted by molar-refractivity contribution is 6.99. The van der Waals surface area contributed by atoms with Gasteiger partial charge in [-0.05, 0) is 46.5 Å². The monoisotopic (exact) mass is 368 g/mol. The van der Waals surface area contributed by atoms with Gasteiger partial charge in [0.25, 0.3) is 0 Å². The molecular weight excluding hydrogens is 336 g/mol. The van der Waals surface area contributed by atoms with E-state index >= 15 is 0 Å². The minimum atomic E-state index is -1.58. The first kappa shape index (κ1) is 18.3. The Hall–Kier alpha value is -1.53. The molecule has 0 aliphatic heterocycles. The van der Waals surface area contributed by atoms with E-state index in [1.807, 2.05) is 14.1 Å². The van der Waals surface area contributed by atoms with Crippen LogP contribution in [0.25, 0.3) is 11.1 Å². The van der Waals surface area contributed by atoms with Crippen LogP contribution in [0.3, 0.4) is 0 Å². The molecule has 4 heteroatoms. The zero-order valence-corrected chi connectivity index (χ0v) is 19.0. The fourth-order valence-corrected chi connectivity index (χ4v) is 18.4. The molecule has 0 spiro atoms. The largest absolute Gasteiger partial charge is 0.388 e. The average Bonchev–Trinajstić information content (AvgIpc) is 2.83. The Kier molecular flexibility index (Phi) is 4.20. The summed E-state index contributed by atoms with van der Waals surface area (Å²) in [6.07, 6.45) is 0. The van der Waals surface area contributed by atoms with Gasteiger partial charge in [-0.25, -0.2) is 0 Å². The zero-order valence-electron chi connectivity index (χ0n) is 17.0. The number of anilines is 2. The summed E-state index contributed by atoms with van der Waals surface area (Å²) in [6.45, 7) is 15.3. The van der Waals surface area contributed by atoms with E-state index < -0.39 is 16.1 Å². The van der Waals surface area contributed by atoms with Gasteiger partial charge in [-0.2, -0.15) is 0 Å². The van der Waals surface area contributed by atoms with Crippen LogP contribution in [-0.4, -0.2) is 30.2 Å². The number of nitrogens with one attached hydrogen (secondary N) is 2. The smallest absolute Gasteiger partial charge is 0.0579 e. The second kappa shape index (κ2) is 5.74. The molecule has 2 aromatic rings. The van der Waals surface area contributed by atoms with Crippen molar-refractivity contribution in [2.75, 3.05) is 24.7 Å². The fourth-order valence-electron chi connectivity index (χ4n) is 5.38. The highest BCUT2D eigenvalue weighted by atomic mass is 28.4. The Morgan fingerprint density at radius 2 is 1.00 bits per heavy atom.